The molecule has 0 bridgehead atoms. The summed E-state index contributed by atoms with van der Waals surface area (Å²) in [6, 6.07) is 0. The van der Waals surface area contributed by atoms with Crippen LogP contribution < -0.4 is 0 Å². The average Bonchev–Trinajstić information content (AvgIpc) is 2.33. The standard InChI is InChI=1S/C13H26NO6P/c1-6-18-12(15)8-9-14(13(16)19-7-2)10-21(5,17)20-11(3)4/h11H,6-10H2,1-5H3/t21-/m1/s1. The molecule has 1 amide bonds. The van der Waals surface area contributed by atoms with Gasteiger partial charge in [-0.2, -0.15) is 0 Å². The summed E-state index contributed by atoms with van der Waals surface area (Å²) in [5.74, 6) is -0.414. The third-order valence-electron chi connectivity index (χ3n) is 2.28. The molecule has 0 aliphatic carbocycles. The minimum absolute atomic E-state index is 0.0222. The van der Waals surface area contributed by atoms with E-state index >= 15 is 0 Å². The maximum absolute atomic E-state index is 12.3. The monoisotopic (exact) mass is 323 g/mol. The molecule has 8 heteroatoms. The molecule has 0 heterocycles. The summed E-state index contributed by atoms with van der Waals surface area (Å²) in [6.45, 7) is 8.94. The number of amides is 1. The largest absolute Gasteiger partial charge is 0.466 e. The summed E-state index contributed by atoms with van der Waals surface area (Å²) in [4.78, 5) is 24.4. The van der Waals surface area contributed by atoms with Crippen LogP contribution in [0.2, 0.25) is 0 Å². The lowest BCUT2D eigenvalue weighted by atomic mass is 10.4. The van der Waals surface area contributed by atoms with Gasteiger partial charge in [0.15, 0.2) is 0 Å². The highest BCUT2D eigenvalue weighted by molar-refractivity contribution is 7.58. The number of carbonyl (C=O) groups is 2. The molecule has 0 aromatic rings. The zero-order chi connectivity index (χ0) is 16.5. The molecule has 0 radical (unpaired) electrons. The lowest BCUT2D eigenvalue weighted by molar-refractivity contribution is -0.143. The van der Waals surface area contributed by atoms with E-state index in [1.54, 1.807) is 27.7 Å². The van der Waals surface area contributed by atoms with Gasteiger partial charge in [0.2, 0.25) is 7.37 Å². The molecule has 21 heavy (non-hydrogen) atoms. The zero-order valence-corrected chi connectivity index (χ0v) is 14.4. The number of esters is 1. The van der Waals surface area contributed by atoms with Gasteiger partial charge in [0.1, 0.15) is 6.29 Å². The van der Waals surface area contributed by atoms with Gasteiger partial charge in [-0.1, -0.05) is 0 Å². The van der Waals surface area contributed by atoms with Crippen LogP contribution in [0.25, 0.3) is 0 Å². The minimum Gasteiger partial charge on any atom is -0.466 e. The summed E-state index contributed by atoms with van der Waals surface area (Å²) < 4.78 is 27.4. The van der Waals surface area contributed by atoms with Crippen molar-refractivity contribution in [1.29, 1.82) is 0 Å². The van der Waals surface area contributed by atoms with Crippen LogP contribution in [0.3, 0.4) is 0 Å². The quantitative estimate of drug-likeness (QED) is 0.479. The lowest BCUT2D eigenvalue weighted by Crippen LogP contribution is -2.35. The highest BCUT2D eigenvalue weighted by Crippen LogP contribution is 2.44. The smallest absolute Gasteiger partial charge is 0.410 e. The van der Waals surface area contributed by atoms with Crippen molar-refractivity contribution in [2.24, 2.45) is 0 Å². The Morgan fingerprint density at radius 1 is 1.14 bits per heavy atom. The number of rotatable bonds is 9. The van der Waals surface area contributed by atoms with E-state index < -0.39 is 19.4 Å². The Labute approximate surface area is 126 Å². The van der Waals surface area contributed by atoms with E-state index in [0.29, 0.717) is 0 Å². The van der Waals surface area contributed by atoms with E-state index in [0.717, 1.165) is 0 Å². The summed E-state index contributed by atoms with van der Waals surface area (Å²) in [6.07, 6.45) is -0.899. The predicted molar refractivity (Wildman–Crippen MR) is 79.6 cm³/mol. The third-order valence-corrected chi connectivity index (χ3v) is 4.00. The first-order valence-corrected chi connectivity index (χ1v) is 9.29. The fourth-order valence-corrected chi connectivity index (χ4v) is 3.52. The highest BCUT2D eigenvalue weighted by atomic mass is 31.2. The summed E-state index contributed by atoms with van der Waals surface area (Å²) in [7, 11) is -2.98. The van der Waals surface area contributed by atoms with Gasteiger partial charge >= 0.3 is 12.1 Å². The number of ether oxygens (including phenoxy) is 2. The molecule has 0 aromatic heterocycles. The Morgan fingerprint density at radius 3 is 2.19 bits per heavy atom. The van der Waals surface area contributed by atoms with Crippen LogP contribution in [-0.4, -0.2) is 55.8 Å². The fraction of sp³-hybridized carbons (Fsp3) is 0.846. The molecule has 0 N–H and O–H groups in total. The molecular formula is C13H26NO6P. The van der Waals surface area contributed by atoms with Gasteiger partial charge < -0.3 is 14.0 Å². The number of hydrogen-bond donors (Lipinski definition) is 0. The van der Waals surface area contributed by atoms with E-state index in [2.05, 4.69) is 0 Å². The Balaban J connectivity index is 4.70. The van der Waals surface area contributed by atoms with Gasteiger partial charge in [-0.25, -0.2) is 4.79 Å². The van der Waals surface area contributed by atoms with Gasteiger partial charge in [-0.05, 0) is 27.7 Å². The molecule has 0 fully saturated rings. The molecule has 0 rings (SSSR count). The Morgan fingerprint density at radius 2 is 1.71 bits per heavy atom. The molecule has 0 aliphatic heterocycles. The van der Waals surface area contributed by atoms with Gasteiger partial charge in [0, 0.05) is 13.2 Å². The van der Waals surface area contributed by atoms with E-state index in [9.17, 15) is 14.2 Å². The lowest BCUT2D eigenvalue weighted by Gasteiger charge is -2.26. The second-order valence-corrected chi connectivity index (χ2v) is 7.35. The van der Waals surface area contributed by atoms with Crippen molar-refractivity contribution in [1.82, 2.24) is 4.90 Å². The fourth-order valence-electron chi connectivity index (χ4n) is 1.68. The van der Waals surface area contributed by atoms with Crippen LogP contribution in [0.5, 0.6) is 0 Å². The molecular weight excluding hydrogens is 297 g/mol. The molecule has 7 nitrogen and oxygen atoms in total. The van der Waals surface area contributed by atoms with Gasteiger partial charge in [-0.3, -0.25) is 14.3 Å². The zero-order valence-electron chi connectivity index (χ0n) is 13.5. The molecule has 124 valence electrons. The van der Waals surface area contributed by atoms with Crippen molar-refractivity contribution < 1.29 is 28.2 Å². The molecule has 0 aromatic carbocycles. The van der Waals surface area contributed by atoms with Gasteiger partial charge in [-0.15, -0.1) is 0 Å². The van der Waals surface area contributed by atoms with Crippen LogP contribution >= 0.6 is 7.37 Å². The molecule has 0 aliphatic rings. The van der Waals surface area contributed by atoms with Crippen LogP contribution in [0.1, 0.15) is 34.1 Å². The van der Waals surface area contributed by atoms with Crippen LogP contribution in [0.15, 0.2) is 0 Å². The van der Waals surface area contributed by atoms with Crippen molar-refractivity contribution in [2.75, 3.05) is 32.7 Å². The Bertz CT molecular complexity index is 385. The molecule has 0 saturated carbocycles. The topological polar surface area (TPSA) is 82.1 Å². The molecule has 0 saturated heterocycles. The molecule has 0 spiro atoms. The van der Waals surface area contributed by atoms with Crippen molar-refractivity contribution in [3.63, 3.8) is 0 Å². The second kappa shape index (κ2) is 9.79. The molecule has 1 atom stereocenters. The van der Waals surface area contributed by atoms with E-state index in [4.69, 9.17) is 14.0 Å². The summed E-state index contributed by atoms with van der Waals surface area (Å²) in [5, 5.41) is 0. The number of hydrogen-bond acceptors (Lipinski definition) is 6. The Hall–Kier alpha value is -1.07. The summed E-state index contributed by atoms with van der Waals surface area (Å²) >= 11 is 0. The van der Waals surface area contributed by atoms with Crippen LogP contribution in [-0.2, 0) is 23.4 Å². The van der Waals surface area contributed by atoms with Crippen molar-refractivity contribution in [3.05, 3.63) is 0 Å². The minimum atomic E-state index is -2.98. The second-order valence-electron chi connectivity index (χ2n) is 4.83. The third kappa shape index (κ3) is 9.47. The highest BCUT2D eigenvalue weighted by Gasteiger charge is 2.26. The maximum atomic E-state index is 12.3. The Kier molecular flexibility index (Phi) is 9.29. The van der Waals surface area contributed by atoms with E-state index in [1.807, 2.05) is 0 Å². The van der Waals surface area contributed by atoms with E-state index in [1.165, 1.54) is 11.6 Å². The van der Waals surface area contributed by atoms with Crippen LogP contribution in [0, 0.1) is 0 Å². The molecule has 0 unspecified atom stereocenters. The SMILES string of the molecule is CCOC(=O)CCN(C[P@](C)(=O)OC(C)C)C(=O)OCC. The van der Waals surface area contributed by atoms with Crippen molar-refractivity contribution >= 4 is 19.4 Å². The number of nitrogens with zero attached hydrogens (tertiary/aromatic N) is 1. The van der Waals surface area contributed by atoms with Crippen molar-refractivity contribution in [2.45, 2.75) is 40.2 Å². The normalized spacial score (nSPS) is 13.6. The van der Waals surface area contributed by atoms with E-state index in [-0.39, 0.29) is 38.6 Å². The average molecular weight is 323 g/mol. The predicted octanol–water partition coefficient (Wildman–Crippen LogP) is 2.69. The van der Waals surface area contributed by atoms with Gasteiger partial charge in [0.05, 0.1) is 25.7 Å². The number of carbonyl (C=O) groups excluding carboxylic acids is 2. The summed E-state index contributed by atoms with van der Waals surface area (Å²) in [5.41, 5.74) is 0. The maximum Gasteiger partial charge on any atom is 0.410 e. The van der Waals surface area contributed by atoms with Gasteiger partial charge in [0.25, 0.3) is 0 Å². The first-order chi connectivity index (χ1) is 9.71. The van der Waals surface area contributed by atoms with Crippen molar-refractivity contribution in [3.8, 4) is 0 Å². The first-order valence-electron chi connectivity index (χ1n) is 7.04. The first kappa shape index (κ1) is 19.9. The van der Waals surface area contributed by atoms with Crippen LogP contribution in [0.4, 0.5) is 4.79 Å².